The molecule has 3 N–H and O–H groups in total. The van der Waals surface area contributed by atoms with Crippen LogP contribution in [0.4, 0.5) is 11.4 Å². The number of hydrogen-bond acceptors (Lipinski definition) is 4. The second-order valence-corrected chi connectivity index (χ2v) is 4.42. The predicted octanol–water partition coefficient (Wildman–Crippen LogP) is 2.49. The lowest BCUT2D eigenvalue weighted by Gasteiger charge is -2.18. The van der Waals surface area contributed by atoms with E-state index in [0.29, 0.717) is 5.69 Å². The van der Waals surface area contributed by atoms with Crippen LogP contribution in [0, 0.1) is 0 Å². The molecule has 0 fully saturated rings. The Morgan fingerprint density at radius 1 is 1.30 bits per heavy atom. The summed E-state index contributed by atoms with van der Waals surface area (Å²) in [5, 5.41) is 9.24. The van der Waals surface area contributed by atoms with E-state index in [0.717, 1.165) is 4.90 Å². The van der Waals surface area contributed by atoms with Crippen LogP contribution in [-0.4, -0.2) is 24.0 Å². The monoisotopic (exact) mass is 294 g/mol. The first-order valence-electron chi connectivity index (χ1n) is 5.56. The van der Waals surface area contributed by atoms with Gasteiger partial charge in [-0.1, -0.05) is 0 Å². The highest BCUT2D eigenvalue weighted by molar-refractivity contribution is 6.29. The molecule has 0 atom stereocenters. The van der Waals surface area contributed by atoms with Gasteiger partial charge in [0, 0.05) is 12.7 Å². The third kappa shape index (κ3) is 2.60. The Balaban J connectivity index is 2.40. The lowest BCUT2D eigenvalue weighted by atomic mass is 10.1. The van der Waals surface area contributed by atoms with E-state index < -0.39 is 11.9 Å². The average Bonchev–Trinajstić information content (AvgIpc) is 2.83. The molecule has 0 saturated carbocycles. The van der Waals surface area contributed by atoms with Crippen LogP contribution >= 0.6 is 11.6 Å². The van der Waals surface area contributed by atoms with Gasteiger partial charge in [-0.2, -0.15) is 0 Å². The SMILES string of the molecule is CN(C(=O)c1ccc(Cl)o1)c1ccc(N)cc1C(=O)O. The smallest absolute Gasteiger partial charge is 0.337 e. The fourth-order valence-corrected chi connectivity index (χ4v) is 1.87. The molecule has 2 aromatic rings. The van der Waals surface area contributed by atoms with Crippen molar-refractivity contribution in [1.29, 1.82) is 0 Å². The standard InChI is InChI=1S/C13H11ClN2O4/c1-16(12(17)10-4-5-11(14)20-10)9-3-2-7(15)6-8(9)13(18)19/h2-6H,15H2,1H3,(H,18,19). The van der Waals surface area contributed by atoms with Crippen LogP contribution in [0.15, 0.2) is 34.7 Å². The number of carbonyl (C=O) groups is 2. The van der Waals surface area contributed by atoms with Gasteiger partial charge in [-0.25, -0.2) is 4.79 Å². The largest absolute Gasteiger partial charge is 0.478 e. The van der Waals surface area contributed by atoms with E-state index in [-0.39, 0.29) is 22.2 Å². The van der Waals surface area contributed by atoms with Gasteiger partial charge in [0.2, 0.25) is 0 Å². The van der Waals surface area contributed by atoms with Gasteiger partial charge in [0.15, 0.2) is 11.0 Å². The number of aromatic carboxylic acids is 1. The topological polar surface area (TPSA) is 96.8 Å². The third-order valence-electron chi connectivity index (χ3n) is 2.70. The molecule has 0 unspecified atom stereocenters. The van der Waals surface area contributed by atoms with Crippen molar-refractivity contribution in [2.45, 2.75) is 0 Å². The van der Waals surface area contributed by atoms with Gasteiger partial charge in [-0.15, -0.1) is 0 Å². The minimum Gasteiger partial charge on any atom is -0.478 e. The van der Waals surface area contributed by atoms with E-state index in [2.05, 4.69) is 0 Å². The van der Waals surface area contributed by atoms with Crippen LogP contribution in [0.5, 0.6) is 0 Å². The first kappa shape index (κ1) is 14.0. The Kier molecular flexibility index (Phi) is 3.67. The summed E-state index contributed by atoms with van der Waals surface area (Å²) in [7, 11) is 1.44. The molecule has 1 amide bonds. The van der Waals surface area contributed by atoms with Gasteiger partial charge in [0.05, 0.1) is 11.3 Å². The molecule has 0 radical (unpaired) electrons. The van der Waals surface area contributed by atoms with Crippen molar-refractivity contribution < 1.29 is 19.1 Å². The van der Waals surface area contributed by atoms with E-state index in [9.17, 15) is 9.59 Å². The lowest BCUT2D eigenvalue weighted by molar-refractivity contribution is 0.0697. The normalized spacial score (nSPS) is 10.3. The quantitative estimate of drug-likeness (QED) is 0.848. The maximum Gasteiger partial charge on any atom is 0.337 e. The summed E-state index contributed by atoms with van der Waals surface area (Å²) >= 11 is 5.61. The van der Waals surface area contributed by atoms with Gasteiger partial charge in [0.1, 0.15) is 0 Å². The van der Waals surface area contributed by atoms with E-state index in [4.69, 9.17) is 26.9 Å². The predicted molar refractivity (Wildman–Crippen MR) is 74.3 cm³/mol. The second-order valence-electron chi connectivity index (χ2n) is 4.05. The molecule has 0 aliphatic rings. The summed E-state index contributed by atoms with van der Waals surface area (Å²) in [6, 6.07) is 7.11. The van der Waals surface area contributed by atoms with Crippen molar-refractivity contribution in [1.82, 2.24) is 0 Å². The molecule has 1 aromatic heterocycles. The molecule has 0 saturated heterocycles. The number of nitrogens with zero attached hydrogens (tertiary/aromatic N) is 1. The molecule has 0 bridgehead atoms. The van der Waals surface area contributed by atoms with Crippen molar-refractivity contribution in [3.8, 4) is 0 Å². The molecule has 0 spiro atoms. The summed E-state index contributed by atoms with van der Waals surface area (Å²) < 4.78 is 5.01. The number of hydrogen-bond donors (Lipinski definition) is 2. The minimum absolute atomic E-state index is 0.0191. The Labute approximate surface area is 119 Å². The number of nitrogen functional groups attached to an aromatic ring is 1. The maximum atomic E-state index is 12.2. The summed E-state index contributed by atoms with van der Waals surface area (Å²) in [5.74, 6) is -1.67. The first-order valence-corrected chi connectivity index (χ1v) is 5.94. The highest BCUT2D eigenvalue weighted by Crippen LogP contribution is 2.24. The van der Waals surface area contributed by atoms with Crippen LogP contribution in [0.25, 0.3) is 0 Å². The fourth-order valence-electron chi connectivity index (χ4n) is 1.72. The Morgan fingerprint density at radius 3 is 2.55 bits per heavy atom. The van der Waals surface area contributed by atoms with Crippen LogP contribution in [0.1, 0.15) is 20.9 Å². The van der Waals surface area contributed by atoms with Crippen molar-refractivity contribution in [3.63, 3.8) is 0 Å². The number of nitrogens with two attached hydrogens (primary N) is 1. The van der Waals surface area contributed by atoms with Crippen LogP contribution in [0.3, 0.4) is 0 Å². The number of carboxylic acid groups (broad SMARTS) is 1. The molecule has 7 heteroatoms. The molecular weight excluding hydrogens is 284 g/mol. The Hall–Kier alpha value is -2.47. The van der Waals surface area contributed by atoms with Crippen LogP contribution < -0.4 is 10.6 Å². The molecule has 2 rings (SSSR count). The highest BCUT2D eigenvalue weighted by atomic mass is 35.5. The summed E-state index contributed by atoms with van der Waals surface area (Å²) in [6.45, 7) is 0. The molecule has 0 aliphatic heterocycles. The summed E-state index contributed by atoms with van der Waals surface area (Å²) in [6.07, 6.45) is 0. The van der Waals surface area contributed by atoms with E-state index in [1.807, 2.05) is 0 Å². The highest BCUT2D eigenvalue weighted by Gasteiger charge is 2.22. The summed E-state index contributed by atoms with van der Waals surface area (Å²) in [4.78, 5) is 24.5. The zero-order valence-corrected chi connectivity index (χ0v) is 11.2. The molecule has 104 valence electrons. The van der Waals surface area contributed by atoms with Gasteiger partial charge in [0.25, 0.3) is 5.91 Å². The number of benzene rings is 1. The molecule has 1 heterocycles. The van der Waals surface area contributed by atoms with Crippen molar-refractivity contribution in [3.05, 3.63) is 46.9 Å². The fraction of sp³-hybridized carbons (Fsp3) is 0.0769. The number of furan rings is 1. The number of carbonyl (C=O) groups excluding carboxylic acids is 1. The zero-order chi connectivity index (χ0) is 14.9. The van der Waals surface area contributed by atoms with Crippen molar-refractivity contribution >= 4 is 34.9 Å². The first-order chi connectivity index (χ1) is 9.40. The Bertz CT molecular complexity index is 681. The molecule has 20 heavy (non-hydrogen) atoms. The third-order valence-corrected chi connectivity index (χ3v) is 2.90. The van der Waals surface area contributed by atoms with Crippen molar-refractivity contribution in [2.24, 2.45) is 0 Å². The van der Waals surface area contributed by atoms with E-state index in [1.165, 1.54) is 37.4 Å². The summed E-state index contributed by atoms with van der Waals surface area (Å²) in [5.41, 5.74) is 5.99. The number of rotatable bonds is 3. The number of anilines is 2. The second kappa shape index (κ2) is 5.26. The molecule has 1 aromatic carbocycles. The Morgan fingerprint density at radius 2 is 2.00 bits per heavy atom. The average molecular weight is 295 g/mol. The minimum atomic E-state index is -1.18. The van der Waals surface area contributed by atoms with Crippen LogP contribution in [-0.2, 0) is 0 Å². The number of halogens is 1. The molecular formula is C13H11ClN2O4. The van der Waals surface area contributed by atoms with Gasteiger partial charge in [-0.05, 0) is 41.9 Å². The van der Waals surface area contributed by atoms with Gasteiger partial charge in [-0.3, -0.25) is 4.79 Å². The van der Waals surface area contributed by atoms with Crippen LogP contribution in [0.2, 0.25) is 5.22 Å². The van der Waals surface area contributed by atoms with E-state index in [1.54, 1.807) is 0 Å². The molecule has 0 aliphatic carbocycles. The zero-order valence-electron chi connectivity index (χ0n) is 10.5. The van der Waals surface area contributed by atoms with Crippen molar-refractivity contribution in [2.75, 3.05) is 17.7 Å². The van der Waals surface area contributed by atoms with Gasteiger partial charge >= 0.3 is 5.97 Å². The maximum absolute atomic E-state index is 12.2. The number of carboxylic acids is 1. The number of amides is 1. The van der Waals surface area contributed by atoms with E-state index >= 15 is 0 Å². The van der Waals surface area contributed by atoms with Gasteiger partial charge < -0.3 is 20.2 Å². The molecule has 6 nitrogen and oxygen atoms in total. The lowest BCUT2D eigenvalue weighted by Crippen LogP contribution is -2.27.